The largest absolute Gasteiger partial charge is 0.462 e. The van der Waals surface area contributed by atoms with Gasteiger partial charge < -0.3 is 4.74 Å². The monoisotopic (exact) mass is 396 g/mol. The smallest absolute Gasteiger partial charge is 0.338 e. The highest BCUT2D eigenvalue weighted by Gasteiger charge is 2.23. The van der Waals surface area contributed by atoms with Gasteiger partial charge in [-0.3, -0.25) is 0 Å². The van der Waals surface area contributed by atoms with Gasteiger partial charge in [0, 0.05) is 5.56 Å². The lowest BCUT2D eigenvalue weighted by Crippen LogP contribution is -2.13. The molecule has 2 aromatic carbocycles. The van der Waals surface area contributed by atoms with E-state index in [4.69, 9.17) is 4.74 Å². The van der Waals surface area contributed by atoms with Gasteiger partial charge in [-0.1, -0.05) is 56.9 Å². The van der Waals surface area contributed by atoms with Gasteiger partial charge in [-0.15, -0.1) is 0 Å². The molecule has 3 rings (SSSR count). The van der Waals surface area contributed by atoms with Gasteiger partial charge in [-0.2, -0.15) is 0 Å². The van der Waals surface area contributed by atoms with Crippen LogP contribution in [0, 0.1) is 11.7 Å². The molecule has 1 aliphatic carbocycles. The van der Waals surface area contributed by atoms with E-state index in [1.54, 1.807) is 37.3 Å². The molecule has 0 atom stereocenters. The van der Waals surface area contributed by atoms with Gasteiger partial charge in [-0.25, -0.2) is 9.18 Å². The van der Waals surface area contributed by atoms with Gasteiger partial charge in [0.05, 0.1) is 12.2 Å². The molecule has 2 nitrogen and oxygen atoms in total. The van der Waals surface area contributed by atoms with E-state index in [2.05, 4.69) is 13.0 Å². The number of ether oxygens (including phenoxy) is 1. The van der Waals surface area contributed by atoms with Gasteiger partial charge in [0.25, 0.3) is 0 Å². The van der Waals surface area contributed by atoms with E-state index >= 15 is 0 Å². The summed E-state index contributed by atoms with van der Waals surface area (Å²) in [5.74, 6) is 0.809. The van der Waals surface area contributed by atoms with Crippen molar-refractivity contribution in [2.24, 2.45) is 5.92 Å². The number of carbonyl (C=O) groups excluding carboxylic acids is 1. The highest BCUT2D eigenvalue weighted by Crippen LogP contribution is 2.38. The standard InChI is InChI=1S/C26H33FO2/c1-3-5-6-7-19-8-10-20(11-9-19)23-16-17-24(25(27)18-23)21-12-14-22(15-13-21)26(28)29-4-2/h12-20H,3-11H2,1-2H3. The summed E-state index contributed by atoms with van der Waals surface area (Å²) in [6, 6.07) is 12.6. The highest BCUT2D eigenvalue weighted by atomic mass is 19.1. The summed E-state index contributed by atoms with van der Waals surface area (Å²) in [5.41, 5.74) is 2.98. The Hall–Kier alpha value is -2.16. The Balaban J connectivity index is 1.63. The summed E-state index contributed by atoms with van der Waals surface area (Å²) in [5, 5.41) is 0. The maximum absolute atomic E-state index is 14.9. The molecule has 0 aliphatic heterocycles. The van der Waals surface area contributed by atoms with E-state index in [9.17, 15) is 9.18 Å². The number of benzene rings is 2. The number of rotatable bonds is 8. The maximum Gasteiger partial charge on any atom is 0.338 e. The average molecular weight is 397 g/mol. The molecule has 0 spiro atoms. The minimum Gasteiger partial charge on any atom is -0.462 e. The van der Waals surface area contributed by atoms with Crippen LogP contribution in [0.2, 0.25) is 0 Å². The second-order valence-electron chi connectivity index (χ2n) is 8.25. The number of esters is 1. The first kappa shape index (κ1) is 21.5. The maximum atomic E-state index is 14.9. The molecule has 0 unspecified atom stereocenters. The minimum atomic E-state index is -0.347. The molecule has 0 amide bonds. The Bertz CT molecular complexity index is 789. The van der Waals surface area contributed by atoms with E-state index in [0.717, 1.165) is 17.0 Å². The molecule has 156 valence electrons. The molecule has 1 aliphatic rings. The van der Waals surface area contributed by atoms with Crippen LogP contribution in [0.3, 0.4) is 0 Å². The first-order valence-corrected chi connectivity index (χ1v) is 11.2. The lowest BCUT2D eigenvalue weighted by atomic mass is 9.77. The van der Waals surface area contributed by atoms with Crippen LogP contribution in [0.15, 0.2) is 42.5 Å². The zero-order chi connectivity index (χ0) is 20.6. The van der Waals surface area contributed by atoms with Crippen LogP contribution in [0.4, 0.5) is 4.39 Å². The van der Waals surface area contributed by atoms with Crippen molar-refractivity contribution in [2.45, 2.75) is 71.1 Å². The van der Waals surface area contributed by atoms with Crippen molar-refractivity contribution >= 4 is 5.97 Å². The molecule has 1 fully saturated rings. The summed E-state index contributed by atoms with van der Waals surface area (Å²) >= 11 is 0. The molecular formula is C26H33FO2. The Labute approximate surface area is 174 Å². The van der Waals surface area contributed by atoms with E-state index in [1.165, 1.54) is 51.4 Å². The fraction of sp³-hybridized carbons (Fsp3) is 0.500. The van der Waals surface area contributed by atoms with Crippen molar-refractivity contribution < 1.29 is 13.9 Å². The summed E-state index contributed by atoms with van der Waals surface area (Å²) in [7, 11) is 0. The second-order valence-corrected chi connectivity index (χ2v) is 8.25. The third-order valence-corrected chi connectivity index (χ3v) is 6.23. The van der Waals surface area contributed by atoms with Crippen LogP contribution in [-0.2, 0) is 4.74 Å². The Morgan fingerprint density at radius 2 is 1.72 bits per heavy atom. The molecule has 2 aromatic rings. The van der Waals surface area contributed by atoms with Crippen LogP contribution in [0.1, 0.15) is 87.1 Å². The minimum absolute atomic E-state index is 0.184. The first-order chi connectivity index (χ1) is 14.1. The topological polar surface area (TPSA) is 26.3 Å². The number of hydrogen-bond acceptors (Lipinski definition) is 2. The van der Waals surface area contributed by atoms with Crippen molar-refractivity contribution in [1.82, 2.24) is 0 Å². The number of unbranched alkanes of at least 4 members (excludes halogenated alkanes) is 2. The third-order valence-electron chi connectivity index (χ3n) is 6.23. The van der Waals surface area contributed by atoms with Crippen molar-refractivity contribution in [3.8, 4) is 11.1 Å². The molecule has 0 bridgehead atoms. The molecule has 0 N–H and O–H groups in total. The van der Waals surface area contributed by atoms with Gasteiger partial charge in [0.2, 0.25) is 0 Å². The van der Waals surface area contributed by atoms with Crippen LogP contribution in [-0.4, -0.2) is 12.6 Å². The summed E-state index contributed by atoms with van der Waals surface area (Å²) in [4.78, 5) is 11.8. The van der Waals surface area contributed by atoms with Gasteiger partial charge in [0.15, 0.2) is 0 Å². The van der Waals surface area contributed by atoms with Crippen molar-refractivity contribution in [3.63, 3.8) is 0 Å². The van der Waals surface area contributed by atoms with Gasteiger partial charge in [0.1, 0.15) is 5.82 Å². The molecular weight excluding hydrogens is 363 g/mol. The fourth-order valence-corrected chi connectivity index (χ4v) is 4.49. The third kappa shape index (κ3) is 5.68. The number of halogens is 1. The number of carbonyl (C=O) groups is 1. The molecule has 0 saturated heterocycles. The summed E-state index contributed by atoms with van der Waals surface area (Å²) in [6.45, 7) is 4.38. The predicted octanol–water partition coefficient (Wildman–Crippen LogP) is 7.52. The fourth-order valence-electron chi connectivity index (χ4n) is 4.49. The Kier molecular flexibility index (Phi) is 7.85. The van der Waals surface area contributed by atoms with Crippen LogP contribution >= 0.6 is 0 Å². The molecule has 0 radical (unpaired) electrons. The summed E-state index contributed by atoms with van der Waals surface area (Å²) in [6.07, 6.45) is 10.2. The zero-order valence-electron chi connectivity index (χ0n) is 17.8. The van der Waals surface area contributed by atoms with Gasteiger partial charge >= 0.3 is 5.97 Å². The van der Waals surface area contributed by atoms with E-state index < -0.39 is 0 Å². The lowest BCUT2D eigenvalue weighted by Gasteiger charge is -2.29. The van der Waals surface area contributed by atoms with Gasteiger partial charge in [-0.05, 0) is 73.8 Å². The average Bonchev–Trinajstić information content (AvgIpc) is 2.75. The molecule has 0 heterocycles. The van der Waals surface area contributed by atoms with E-state index in [0.29, 0.717) is 23.7 Å². The quantitative estimate of drug-likeness (QED) is 0.340. The molecule has 29 heavy (non-hydrogen) atoms. The normalized spacial score (nSPS) is 19.1. The predicted molar refractivity (Wildman–Crippen MR) is 117 cm³/mol. The zero-order valence-corrected chi connectivity index (χ0v) is 17.8. The Morgan fingerprint density at radius 1 is 1.00 bits per heavy atom. The SMILES string of the molecule is CCCCCC1CCC(c2ccc(-c3ccc(C(=O)OCC)cc3)c(F)c2)CC1. The second kappa shape index (κ2) is 10.6. The van der Waals surface area contributed by atoms with Crippen molar-refractivity contribution in [3.05, 3.63) is 59.4 Å². The summed E-state index contributed by atoms with van der Waals surface area (Å²) < 4.78 is 19.9. The van der Waals surface area contributed by atoms with Crippen LogP contribution < -0.4 is 0 Å². The highest BCUT2D eigenvalue weighted by molar-refractivity contribution is 5.90. The van der Waals surface area contributed by atoms with Crippen molar-refractivity contribution in [2.75, 3.05) is 6.61 Å². The van der Waals surface area contributed by atoms with E-state index in [-0.39, 0.29) is 11.8 Å². The molecule has 1 saturated carbocycles. The van der Waals surface area contributed by atoms with Crippen LogP contribution in [0.25, 0.3) is 11.1 Å². The van der Waals surface area contributed by atoms with Crippen molar-refractivity contribution in [1.29, 1.82) is 0 Å². The first-order valence-electron chi connectivity index (χ1n) is 11.2. The van der Waals surface area contributed by atoms with E-state index in [1.807, 2.05) is 6.07 Å². The molecule has 3 heteroatoms. The van der Waals surface area contributed by atoms with Crippen LogP contribution in [0.5, 0.6) is 0 Å². The number of hydrogen-bond donors (Lipinski definition) is 0. The molecule has 0 aromatic heterocycles. The lowest BCUT2D eigenvalue weighted by molar-refractivity contribution is 0.0526. The Morgan fingerprint density at radius 3 is 2.34 bits per heavy atom.